The highest BCUT2D eigenvalue weighted by Crippen LogP contribution is 2.32. The molecule has 1 saturated heterocycles. The van der Waals surface area contributed by atoms with Gasteiger partial charge in [0.2, 0.25) is 0 Å². The number of fused-ring (bicyclic) bond motifs is 1. The average molecular weight is 227 g/mol. The number of hydrogen-bond acceptors (Lipinski definition) is 3. The fraction of sp³-hybridized carbons (Fsp3) is 0.909. The first-order valence-electron chi connectivity index (χ1n) is 5.84. The van der Waals surface area contributed by atoms with E-state index < -0.39 is 0 Å². The van der Waals surface area contributed by atoms with Gasteiger partial charge in [0.1, 0.15) is 0 Å². The molecule has 1 aliphatic carbocycles. The van der Waals surface area contributed by atoms with Crippen molar-refractivity contribution in [1.82, 2.24) is 10.2 Å². The molecule has 0 bridgehead atoms. The molecular weight excluding hydrogens is 206 g/mol. The van der Waals surface area contributed by atoms with Crippen LogP contribution in [-0.2, 0) is 0 Å². The summed E-state index contributed by atoms with van der Waals surface area (Å²) in [7, 11) is 4.18. The van der Waals surface area contributed by atoms with Crippen LogP contribution in [0.1, 0.15) is 19.3 Å². The quantitative estimate of drug-likeness (QED) is 0.790. The van der Waals surface area contributed by atoms with Gasteiger partial charge in [0, 0.05) is 18.3 Å². The maximum atomic E-state index is 4.61. The maximum Gasteiger partial charge on any atom is 0.156 e. The number of rotatable bonds is 3. The van der Waals surface area contributed by atoms with E-state index >= 15 is 0 Å². The van der Waals surface area contributed by atoms with Gasteiger partial charge < -0.3 is 10.2 Å². The minimum absolute atomic E-state index is 0.726. The van der Waals surface area contributed by atoms with Crippen LogP contribution in [-0.4, -0.2) is 49.0 Å². The van der Waals surface area contributed by atoms with Crippen LogP contribution in [0.25, 0.3) is 0 Å². The largest absolute Gasteiger partial charge is 0.362 e. The zero-order valence-corrected chi connectivity index (χ0v) is 10.5. The molecule has 15 heavy (non-hydrogen) atoms. The van der Waals surface area contributed by atoms with Crippen LogP contribution in [0.4, 0.5) is 0 Å². The number of thioether (sulfide) groups is 1. The predicted molar refractivity (Wildman–Crippen MR) is 67.6 cm³/mol. The Hall–Kier alpha value is -0.220. The lowest BCUT2D eigenvalue weighted by molar-refractivity contribution is 0.420. The number of hydrogen-bond donors (Lipinski definition) is 1. The summed E-state index contributed by atoms with van der Waals surface area (Å²) in [6.07, 6.45) is 4.15. The third kappa shape index (κ3) is 3.11. The molecule has 1 N–H and O–H groups in total. The molecule has 0 amide bonds. The number of amidine groups is 1. The van der Waals surface area contributed by atoms with E-state index in [9.17, 15) is 0 Å². The van der Waals surface area contributed by atoms with Crippen molar-refractivity contribution in [2.75, 3.05) is 32.9 Å². The summed E-state index contributed by atoms with van der Waals surface area (Å²) in [5.74, 6) is 2.18. The molecular formula is C11H21N3S. The van der Waals surface area contributed by atoms with Gasteiger partial charge in [0.05, 0.1) is 6.54 Å². The van der Waals surface area contributed by atoms with Crippen LogP contribution < -0.4 is 5.32 Å². The van der Waals surface area contributed by atoms with Crippen LogP contribution in [0.3, 0.4) is 0 Å². The van der Waals surface area contributed by atoms with Crippen molar-refractivity contribution in [2.24, 2.45) is 10.9 Å². The lowest BCUT2D eigenvalue weighted by Gasteiger charge is -2.28. The first-order valence-corrected chi connectivity index (χ1v) is 6.83. The molecule has 0 aromatic heterocycles. The zero-order valence-electron chi connectivity index (χ0n) is 9.70. The Morgan fingerprint density at radius 2 is 2.33 bits per heavy atom. The second-order valence-corrected chi connectivity index (χ2v) is 5.75. The minimum Gasteiger partial charge on any atom is -0.362 e. The molecule has 1 heterocycles. The van der Waals surface area contributed by atoms with Gasteiger partial charge >= 0.3 is 0 Å². The summed E-state index contributed by atoms with van der Waals surface area (Å²) < 4.78 is 0. The zero-order chi connectivity index (χ0) is 10.7. The van der Waals surface area contributed by atoms with Crippen LogP contribution in [0.15, 0.2) is 4.99 Å². The lowest BCUT2D eigenvalue weighted by Crippen LogP contribution is -2.41. The molecule has 4 heteroatoms. The summed E-state index contributed by atoms with van der Waals surface area (Å²) >= 11 is 1.91. The Kier molecular flexibility index (Phi) is 3.92. The van der Waals surface area contributed by atoms with Crippen molar-refractivity contribution in [3.63, 3.8) is 0 Å². The van der Waals surface area contributed by atoms with Gasteiger partial charge in [0.25, 0.3) is 0 Å². The van der Waals surface area contributed by atoms with Gasteiger partial charge in [-0.1, -0.05) is 18.2 Å². The molecule has 2 fully saturated rings. The van der Waals surface area contributed by atoms with Gasteiger partial charge in [-0.15, -0.1) is 0 Å². The Morgan fingerprint density at radius 3 is 3.13 bits per heavy atom. The van der Waals surface area contributed by atoms with Gasteiger partial charge in [-0.05, 0) is 32.9 Å². The molecule has 1 saturated carbocycles. The van der Waals surface area contributed by atoms with E-state index in [1.54, 1.807) is 0 Å². The molecule has 0 aromatic carbocycles. The molecule has 2 atom stereocenters. The van der Waals surface area contributed by atoms with E-state index in [0.29, 0.717) is 0 Å². The number of nitrogens with one attached hydrogen (secondary N) is 1. The van der Waals surface area contributed by atoms with Crippen LogP contribution in [0, 0.1) is 5.92 Å². The summed E-state index contributed by atoms with van der Waals surface area (Å²) in [6.45, 7) is 1.96. The Bertz CT molecular complexity index is 240. The minimum atomic E-state index is 0.726. The number of nitrogens with zero attached hydrogens (tertiary/aromatic N) is 2. The van der Waals surface area contributed by atoms with Crippen molar-refractivity contribution in [3.8, 4) is 0 Å². The van der Waals surface area contributed by atoms with Crippen molar-refractivity contribution >= 4 is 16.9 Å². The van der Waals surface area contributed by atoms with E-state index in [4.69, 9.17) is 0 Å². The molecule has 0 radical (unpaired) electrons. The Morgan fingerprint density at radius 1 is 1.47 bits per heavy atom. The first kappa shape index (κ1) is 11.3. The molecule has 3 nitrogen and oxygen atoms in total. The number of likely N-dealkylation sites (N-methyl/N-ethyl adjacent to an activating group) is 1. The van der Waals surface area contributed by atoms with Crippen molar-refractivity contribution < 1.29 is 0 Å². The molecule has 2 rings (SSSR count). The van der Waals surface area contributed by atoms with Crippen LogP contribution in [0.2, 0.25) is 0 Å². The molecule has 2 aliphatic rings. The Balaban J connectivity index is 1.79. The van der Waals surface area contributed by atoms with E-state index in [2.05, 4.69) is 29.3 Å². The summed E-state index contributed by atoms with van der Waals surface area (Å²) in [6, 6.07) is 0.726. The van der Waals surface area contributed by atoms with Crippen molar-refractivity contribution in [2.45, 2.75) is 25.3 Å². The van der Waals surface area contributed by atoms with Crippen molar-refractivity contribution in [1.29, 1.82) is 0 Å². The topological polar surface area (TPSA) is 27.6 Å². The van der Waals surface area contributed by atoms with Crippen LogP contribution in [0.5, 0.6) is 0 Å². The third-order valence-electron chi connectivity index (χ3n) is 3.20. The molecule has 1 aliphatic heterocycles. The molecule has 2 unspecified atom stereocenters. The first-order chi connectivity index (χ1) is 7.25. The number of aliphatic imine (C=N–C) groups is 1. The second kappa shape index (κ2) is 5.21. The highest BCUT2D eigenvalue weighted by molar-refractivity contribution is 8.13. The highest BCUT2D eigenvalue weighted by Gasteiger charge is 2.31. The van der Waals surface area contributed by atoms with E-state index in [1.165, 1.54) is 30.2 Å². The van der Waals surface area contributed by atoms with Crippen molar-refractivity contribution in [3.05, 3.63) is 0 Å². The monoisotopic (exact) mass is 227 g/mol. The van der Waals surface area contributed by atoms with Crippen LogP contribution >= 0.6 is 11.8 Å². The normalized spacial score (nSPS) is 33.1. The fourth-order valence-electron chi connectivity index (χ4n) is 2.26. The van der Waals surface area contributed by atoms with E-state index in [-0.39, 0.29) is 0 Å². The van der Waals surface area contributed by atoms with Gasteiger partial charge in [0.15, 0.2) is 5.17 Å². The average Bonchev–Trinajstić information content (AvgIpc) is 2.64. The SMILES string of the molecule is CN(C)CCN=C1NC2CCCC2CS1. The molecule has 86 valence electrons. The Labute approximate surface area is 96.7 Å². The standard InChI is InChI=1S/C11H21N3S/c1-14(2)7-6-12-11-13-10-5-3-4-9(10)8-15-11/h9-10H,3-8H2,1-2H3,(H,12,13). The predicted octanol–water partition coefficient (Wildman–Crippen LogP) is 1.41. The van der Waals surface area contributed by atoms with E-state index in [0.717, 1.165) is 25.0 Å². The fourth-order valence-corrected chi connectivity index (χ4v) is 3.44. The highest BCUT2D eigenvalue weighted by atomic mass is 32.2. The molecule has 0 spiro atoms. The summed E-state index contributed by atoms with van der Waals surface area (Å²) in [4.78, 5) is 6.79. The van der Waals surface area contributed by atoms with Gasteiger partial charge in [-0.3, -0.25) is 4.99 Å². The molecule has 0 aromatic rings. The smallest absolute Gasteiger partial charge is 0.156 e. The van der Waals surface area contributed by atoms with Gasteiger partial charge in [-0.2, -0.15) is 0 Å². The lowest BCUT2D eigenvalue weighted by atomic mass is 10.1. The van der Waals surface area contributed by atoms with E-state index in [1.807, 2.05) is 11.8 Å². The third-order valence-corrected chi connectivity index (χ3v) is 4.32. The maximum absolute atomic E-state index is 4.61. The second-order valence-electron chi connectivity index (χ2n) is 4.74. The summed E-state index contributed by atoms with van der Waals surface area (Å²) in [5.41, 5.74) is 0. The van der Waals surface area contributed by atoms with Gasteiger partial charge in [-0.25, -0.2) is 0 Å². The summed E-state index contributed by atoms with van der Waals surface area (Å²) in [5, 5.41) is 4.76.